The standard InChI is InChI=1S/C24H47NO3/c1-5-6-7-8-9-10-11-12-13-14-15-16-17-18-19-20-22(26)25(4)23(21(2)3)24(27)28/h21,23H,5-20H2,1-4H3,(H,27,28). The van der Waals surface area contributed by atoms with E-state index in [1.165, 1.54) is 88.4 Å². The molecule has 0 aromatic carbocycles. The van der Waals surface area contributed by atoms with Crippen molar-refractivity contribution in [2.24, 2.45) is 5.92 Å². The predicted octanol–water partition coefficient (Wildman–Crippen LogP) is 6.82. The molecule has 0 aliphatic rings. The minimum Gasteiger partial charge on any atom is -0.480 e. The molecule has 0 bridgehead atoms. The number of amides is 1. The summed E-state index contributed by atoms with van der Waals surface area (Å²) in [6.45, 7) is 5.95. The van der Waals surface area contributed by atoms with Crippen molar-refractivity contribution < 1.29 is 14.7 Å². The quantitative estimate of drug-likeness (QED) is 0.243. The number of carboxylic acids is 1. The zero-order valence-corrected chi connectivity index (χ0v) is 19.2. The molecule has 1 unspecified atom stereocenters. The molecule has 1 N–H and O–H groups in total. The number of hydrogen-bond donors (Lipinski definition) is 1. The third kappa shape index (κ3) is 14.0. The maximum Gasteiger partial charge on any atom is 0.326 e. The van der Waals surface area contributed by atoms with E-state index in [1.54, 1.807) is 7.05 Å². The summed E-state index contributed by atoms with van der Waals surface area (Å²) in [5.41, 5.74) is 0. The molecule has 1 amide bonds. The van der Waals surface area contributed by atoms with Crippen molar-refractivity contribution in [2.75, 3.05) is 7.05 Å². The first kappa shape index (κ1) is 26.9. The number of rotatable bonds is 19. The molecular formula is C24H47NO3. The van der Waals surface area contributed by atoms with Gasteiger partial charge in [-0.15, -0.1) is 0 Å². The van der Waals surface area contributed by atoms with E-state index >= 15 is 0 Å². The van der Waals surface area contributed by atoms with E-state index in [4.69, 9.17) is 0 Å². The Balaban J connectivity index is 3.50. The van der Waals surface area contributed by atoms with Crippen molar-refractivity contribution in [1.82, 2.24) is 4.90 Å². The van der Waals surface area contributed by atoms with Gasteiger partial charge in [-0.3, -0.25) is 4.79 Å². The maximum absolute atomic E-state index is 12.2. The zero-order chi connectivity index (χ0) is 21.2. The molecule has 0 aliphatic carbocycles. The molecule has 0 spiro atoms. The molecule has 0 aromatic rings. The van der Waals surface area contributed by atoms with Gasteiger partial charge in [-0.25, -0.2) is 4.79 Å². The fourth-order valence-electron chi connectivity index (χ4n) is 3.88. The third-order valence-electron chi connectivity index (χ3n) is 5.69. The van der Waals surface area contributed by atoms with Crippen LogP contribution in [0.1, 0.15) is 124 Å². The Labute approximate surface area is 174 Å². The van der Waals surface area contributed by atoms with Crippen molar-refractivity contribution in [3.63, 3.8) is 0 Å². The number of nitrogens with zero attached hydrogens (tertiary/aromatic N) is 1. The molecular weight excluding hydrogens is 350 g/mol. The van der Waals surface area contributed by atoms with E-state index in [0.29, 0.717) is 6.42 Å². The van der Waals surface area contributed by atoms with Crippen molar-refractivity contribution in [3.8, 4) is 0 Å². The summed E-state index contributed by atoms with van der Waals surface area (Å²) in [6, 6.07) is -0.719. The summed E-state index contributed by atoms with van der Waals surface area (Å²) in [6.07, 6.45) is 20.0. The molecule has 0 saturated heterocycles. The van der Waals surface area contributed by atoms with Gasteiger partial charge < -0.3 is 10.0 Å². The molecule has 0 radical (unpaired) electrons. The van der Waals surface area contributed by atoms with Crippen LogP contribution in [0.5, 0.6) is 0 Å². The van der Waals surface area contributed by atoms with Crippen molar-refractivity contribution in [1.29, 1.82) is 0 Å². The Hall–Kier alpha value is -1.06. The van der Waals surface area contributed by atoms with Crippen molar-refractivity contribution in [2.45, 2.75) is 130 Å². The van der Waals surface area contributed by atoms with E-state index in [2.05, 4.69) is 6.92 Å². The van der Waals surface area contributed by atoms with Crippen LogP contribution in [0.3, 0.4) is 0 Å². The number of aliphatic carboxylic acids is 1. The van der Waals surface area contributed by atoms with E-state index < -0.39 is 12.0 Å². The number of carbonyl (C=O) groups is 2. The predicted molar refractivity (Wildman–Crippen MR) is 119 cm³/mol. The zero-order valence-electron chi connectivity index (χ0n) is 19.2. The van der Waals surface area contributed by atoms with E-state index in [0.717, 1.165) is 12.8 Å². The Kier molecular flexibility index (Phi) is 17.3. The van der Waals surface area contributed by atoms with Crippen LogP contribution in [0.25, 0.3) is 0 Å². The van der Waals surface area contributed by atoms with Gasteiger partial charge in [-0.05, 0) is 12.3 Å². The molecule has 1 atom stereocenters. The first-order valence-corrected chi connectivity index (χ1v) is 11.9. The summed E-state index contributed by atoms with van der Waals surface area (Å²) >= 11 is 0. The second-order valence-electron chi connectivity index (χ2n) is 8.73. The van der Waals surface area contributed by atoms with Crippen LogP contribution in [0.15, 0.2) is 0 Å². The van der Waals surface area contributed by atoms with Crippen LogP contribution >= 0.6 is 0 Å². The molecule has 0 aliphatic heterocycles. The molecule has 0 saturated carbocycles. The molecule has 0 heterocycles. The number of carbonyl (C=O) groups excluding carboxylic acids is 1. The van der Waals surface area contributed by atoms with Gasteiger partial charge in [-0.2, -0.15) is 0 Å². The van der Waals surface area contributed by atoms with E-state index in [9.17, 15) is 14.7 Å². The number of hydrogen-bond acceptors (Lipinski definition) is 2. The normalized spacial score (nSPS) is 12.3. The second kappa shape index (κ2) is 18.0. The van der Waals surface area contributed by atoms with Crippen LogP contribution < -0.4 is 0 Å². The Morgan fingerprint density at radius 3 is 1.39 bits per heavy atom. The van der Waals surface area contributed by atoms with Gasteiger partial charge in [0.15, 0.2) is 0 Å². The summed E-state index contributed by atoms with van der Waals surface area (Å²) in [4.78, 5) is 24.9. The molecule has 0 fully saturated rings. The van der Waals surface area contributed by atoms with E-state index in [1.807, 2.05) is 13.8 Å². The number of carboxylic acid groups (broad SMARTS) is 1. The smallest absolute Gasteiger partial charge is 0.326 e. The highest BCUT2D eigenvalue weighted by molar-refractivity contribution is 5.83. The lowest BCUT2D eigenvalue weighted by molar-refractivity contribution is -0.151. The van der Waals surface area contributed by atoms with Gasteiger partial charge in [0.1, 0.15) is 6.04 Å². The monoisotopic (exact) mass is 397 g/mol. The lowest BCUT2D eigenvalue weighted by Gasteiger charge is -2.27. The minimum atomic E-state index is -0.914. The van der Waals surface area contributed by atoms with Crippen LogP contribution in [-0.4, -0.2) is 35.0 Å². The number of unbranched alkanes of at least 4 members (excludes halogenated alkanes) is 14. The SMILES string of the molecule is CCCCCCCCCCCCCCCCCC(=O)N(C)C(C(=O)O)C(C)C. The molecule has 28 heavy (non-hydrogen) atoms. The average Bonchev–Trinajstić information content (AvgIpc) is 2.64. The summed E-state index contributed by atoms with van der Waals surface area (Å²) in [5, 5.41) is 9.27. The summed E-state index contributed by atoms with van der Waals surface area (Å²) in [7, 11) is 1.62. The summed E-state index contributed by atoms with van der Waals surface area (Å²) < 4.78 is 0. The highest BCUT2D eigenvalue weighted by Gasteiger charge is 2.28. The maximum atomic E-state index is 12.2. The lowest BCUT2D eigenvalue weighted by Crippen LogP contribution is -2.45. The summed E-state index contributed by atoms with van der Waals surface area (Å²) in [5.74, 6) is -1.04. The highest BCUT2D eigenvalue weighted by atomic mass is 16.4. The van der Waals surface area contributed by atoms with Gasteiger partial charge in [0.25, 0.3) is 0 Å². The first-order chi connectivity index (χ1) is 13.4. The highest BCUT2D eigenvalue weighted by Crippen LogP contribution is 2.15. The Morgan fingerprint density at radius 1 is 0.714 bits per heavy atom. The van der Waals surface area contributed by atoms with Gasteiger partial charge >= 0.3 is 5.97 Å². The van der Waals surface area contributed by atoms with Crippen molar-refractivity contribution in [3.05, 3.63) is 0 Å². The fraction of sp³-hybridized carbons (Fsp3) is 0.917. The minimum absolute atomic E-state index is 0.0456. The largest absolute Gasteiger partial charge is 0.480 e. The fourth-order valence-corrected chi connectivity index (χ4v) is 3.88. The van der Waals surface area contributed by atoms with Gasteiger partial charge in [0.2, 0.25) is 5.91 Å². The molecule has 0 rings (SSSR count). The Morgan fingerprint density at radius 2 is 1.07 bits per heavy atom. The average molecular weight is 398 g/mol. The van der Waals surface area contributed by atoms with Crippen LogP contribution in [0, 0.1) is 5.92 Å². The van der Waals surface area contributed by atoms with Crippen LogP contribution in [0.4, 0.5) is 0 Å². The first-order valence-electron chi connectivity index (χ1n) is 11.9. The lowest BCUT2D eigenvalue weighted by atomic mass is 10.0. The molecule has 0 aromatic heterocycles. The topological polar surface area (TPSA) is 57.6 Å². The third-order valence-corrected chi connectivity index (χ3v) is 5.69. The molecule has 4 heteroatoms. The molecule has 4 nitrogen and oxygen atoms in total. The van der Waals surface area contributed by atoms with Crippen LogP contribution in [-0.2, 0) is 9.59 Å². The van der Waals surface area contributed by atoms with Crippen LogP contribution in [0.2, 0.25) is 0 Å². The Bertz CT molecular complexity index is 395. The molecule has 166 valence electrons. The van der Waals surface area contributed by atoms with Crippen molar-refractivity contribution >= 4 is 11.9 Å². The van der Waals surface area contributed by atoms with E-state index in [-0.39, 0.29) is 11.8 Å². The van der Waals surface area contributed by atoms with Gasteiger partial charge in [0.05, 0.1) is 0 Å². The van der Waals surface area contributed by atoms with Gasteiger partial charge in [0, 0.05) is 13.5 Å². The number of likely N-dealkylation sites (N-methyl/N-ethyl adjacent to an activating group) is 1. The second-order valence-corrected chi connectivity index (χ2v) is 8.73. The van der Waals surface area contributed by atoms with Gasteiger partial charge in [-0.1, -0.05) is 111 Å².